The van der Waals surface area contributed by atoms with Gasteiger partial charge in [0.1, 0.15) is 18.8 Å². The highest BCUT2D eigenvalue weighted by Crippen LogP contribution is 2.44. The number of hydrogen-bond donors (Lipinski definition) is 4. The number of benzene rings is 2. The second kappa shape index (κ2) is 18.6. The van der Waals surface area contributed by atoms with Crippen molar-refractivity contribution in [3.63, 3.8) is 0 Å². The molecule has 2 aromatic rings. The van der Waals surface area contributed by atoms with Crippen molar-refractivity contribution in [3.8, 4) is 11.1 Å². The van der Waals surface area contributed by atoms with E-state index in [0.717, 1.165) is 54.4 Å². The van der Waals surface area contributed by atoms with E-state index in [1.165, 1.54) is 0 Å². The van der Waals surface area contributed by atoms with E-state index in [1.54, 1.807) is 0 Å². The Labute approximate surface area is 270 Å². The fourth-order valence-electron chi connectivity index (χ4n) is 5.75. The van der Waals surface area contributed by atoms with E-state index in [9.17, 15) is 19.2 Å². The fraction of sp³-hybridized carbons (Fsp3) is 0.486. The second-order valence-corrected chi connectivity index (χ2v) is 11.5. The highest BCUT2D eigenvalue weighted by Gasteiger charge is 2.29. The molecule has 0 fully saturated rings. The Morgan fingerprint density at radius 2 is 1.59 bits per heavy atom. The predicted octanol–water partition coefficient (Wildman–Crippen LogP) is 5.29. The monoisotopic (exact) mass is 635 g/mol. The highest BCUT2D eigenvalue weighted by atomic mass is 16.6. The number of carboxylic acids is 1. The first-order valence-corrected chi connectivity index (χ1v) is 16.2. The standard InChI is InChI=1S/C35H45N3O8/c39-32(40)19-22-44-23-21-36-33(41)31(38-35(43)46-25-12-4-2-1-3-5-13-25)18-10-11-20-37-34(42)45-24-30-28-16-8-6-14-26(28)27-15-7-9-17-29(27)30/h4,6-9,12,14-17,25,30-31H,1-3,5,10-11,13,18-24H2,(H,36,41)(H,37,42)(H,38,43)(H,39,40)/b12-4+/t25?,31-/m0/s1. The molecule has 4 N–H and O–H groups in total. The summed E-state index contributed by atoms with van der Waals surface area (Å²) < 4.78 is 16.4. The summed E-state index contributed by atoms with van der Waals surface area (Å²) in [4.78, 5) is 48.8. The van der Waals surface area contributed by atoms with Gasteiger partial charge >= 0.3 is 18.2 Å². The third-order valence-electron chi connectivity index (χ3n) is 8.12. The van der Waals surface area contributed by atoms with E-state index in [2.05, 4.69) is 40.2 Å². The molecule has 0 aromatic heterocycles. The summed E-state index contributed by atoms with van der Waals surface area (Å²) in [7, 11) is 0. The predicted molar refractivity (Wildman–Crippen MR) is 172 cm³/mol. The minimum atomic E-state index is -0.959. The Morgan fingerprint density at radius 3 is 2.33 bits per heavy atom. The molecule has 0 aliphatic heterocycles. The first-order chi connectivity index (χ1) is 22.4. The summed E-state index contributed by atoms with van der Waals surface area (Å²) in [5, 5.41) is 16.9. The lowest BCUT2D eigenvalue weighted by Gasteiger charge is -2.21. The summed E-state index contributed by atoms with van der Waals surface area (Å²) in [6.07, 6.45) is 8.57. The molecule has 0 radical (unpaired) electrons. The molecule has 0 saturated heterocycles. The van der Waals surface area contributed by atoms with Crippen molar-refractivity contribution in [3.05, 3.63) is 71.8 Å². The van der Waals surface area contributed by atoms with Crippen LogP contribution in [0.3, 0.4) is 0 Å². The van der Waals surface area contributed by atoms with Crippen molar-refractivity contribution in [2.75, 3.05) is 32.9 Å². The maximum absolute atomic E-state index is 12.9. The van der Waals surface area contributed by atoms with Crippen LogP contribution >= 0.6 is 0 Å². The maximum atomic E-state index is 12.9. The average Bonchev–Trinajstić information content (AvgIpc) is 3.35. The molecule has 0 saturated carbocycles. The second-order valence-electron chi connectivity index (χ2n) is 11.5. The van der Waals surface area contributed by atoms with Crippen LogP contribution in [0.2, 0.25) is 0 Å². The third kappa shape index (κ3) is 10.9. The molecule has 2 aliphatic carbocycles. The summed E-state index contributed by atoms with van der Waals surface area (Å²) in [5.74, 6) is -1.38. The summed E-state index contributed by atoms with van der Waals surface area (Å²) >= 11 is 0. The van der Waals surface area contributed by atoms with Gasteiger partial charge in [0.05, 0.1) is 19.6 Å². The quantitative estimate of drug-likeness (QED) is 0.144. The van der Waals surface area contributed by atoms with Crippen molar-refractivity contribution in [2.45, 2.75) is 75.9 Å². The van der Waals surface area contributed by atoms with Gasteiger partial charge < -0.3 is 35.3 Å². The Hall–Kier alpha value is -4.38. The third-order valence-corrected chi connectivity index (χ3v) is 8.12. The van der Waals surface area contributed by atoms with Gasteiger partial charge in [0.2, 0.25) is 5.91 Å². The molecule has 0 bridgehead atoms. The summed E-state index contributed by atoms with van der Waals surface area (Å²) in [6, 6.07) is 15.5. The average molecular weight is 636 g/mol. The van der Waals surface area contributed by atoms with Gasteiger partial charge in [-0.25, -0.2) is 9.59 Å². The number of unbranched alkanes of at least 4 members (excludes halogenated alkanes) is 1. The number of carboxylic acid groups (broad SMARTS) is 1. The zero-order valence-electron chi connectivity index (χ0n) is 26.2. The fourth-order valence-corrected chi connectivity index (χ4v) is 5.75. The first kappa shape index (κ1) is 34.5. The molecule has 0 heterocycles. The zero-order valence-corrected chi connectivity index (χ0v) is 26.2. The van der Waals surface area contributed by atoms with Crippen LogP contribution in [-0.2, 0) is 23.8 Å². The van der Waals surface area contributed by atoms with Crippen LogP contribution in [0.25, 0.3) is 11.1 Å². The Morgan fingerprint density at radius 1 is 0.848 bits per heavy atom. The van der Waals surface area contributed by atoms with Gasteiger partial charge in [-0.05, 0) is 73.3 Å². The first-order valence-electron chi connectivity index (χ1n) is 16.2. The van der Waals surface area contributed by atoms with E-state index in [1.807, 2.05) is 36.4 Å². The largest absolute Gasteiger partial charge is 0.481 e. The van der Waals surface area contributed by atoms with Gasteiger partial charge in [0, 0.05) is 19.0 Å². The van der Waals surface area contributed by atoms with Crippen LogP contribution < -0.4 is 16.0 Å². The number of hydrogen-bond acceptors (Lipinski definition) is 7. The van der Waals surface area contributed by atoms with E-state index in [4.69, 9.17) is 19.3 Å². The van der Waals surface area contributed by atoms with Crippen LogP contribution in [0.5, 0.6) is 0 Å². The number of carbonyl (C=O) groups excluding carboxylic acids is 3. The smallest absolute Gasteiger partial charge is 0.408 e. The number of ether oxygens (including phenoxy) is 3. The number of aliphatic carboxylic acids is 1. The van der Waals surface area contributed by atoms with Gasteiger partial charge in [0.15, 0.2) is 0 Å². The van der Waals surface area contributed by atoms with Crippen molar-refractivity contribution in [1.82, 2.24) is 16.0 Å². The van der Waals surface area contributed by atoms with Crippen molar-refractivity contribution in [1.29, 1.82) is 0 Å². The van der Waals surface area contributed by atoms with Crippen LogP contribution in [0.1, 0.15) is 74.8 Å². The number of amides is 3. The van der Waals surface area contributed by atoms with Crippen molar-refractivity contribution >= 4 is 24.1 Å². The number of allylic oxidation sites excluding steroid dienone is 1. The minimum Gasteiger partial charge on any atom is -0.481 e. The highest BCUT2D eigenvalue weighted by molar-refractivity contribution is 5.85. The molecule has 4 rings (SSSR count). The van der Waals surface area contributed by atoms with Crippen LogP contribution in [0, 0.1) is 0 Å². The molecule has 2 aliphatic rings. The molecular weight excluding hydrogens is 590 g/mol. The maximum Gasteiger partial charge on any atom is 0.408 e. The van der Waals surface area contributed by atoms with Gasteiger partial charge in [-0.3, -0.25) is 9.59 Å². The molecule has 0 spiro atoms. The Kier molecular flexibility index (Phi) is 13.9. The number of carbonyl (C=O) groups is 4. The lowest BCUT2D eigenvalue weighted by atomic mass is 9.98. The summed E-state index contributed by atoms with van der Waals surface area (Å²) in [5.41, 5.74) is 4.61. The van der Waals surface area contributed by atoms with Crippen LogP contribution in [0.4, 0.5) is 9.59 Å². The van der Waals surface area contributed by atoms with Crippen molar-refractivity contribution in [2.24, 2.45) is 0 Å². The lowest BCUT2D eigenvalue weighted by molar-refractivity contribution is -0.138. The van der Waals surface area contributed by atoms with Crippen molar-refractivity contribution < 1.29 is 38.5 Å². The summed E-state index contributed by atoms with van der Waals surface area (Å²) in [6.45, 7) is 0.933. The molecule has 11 nitrogen and oxygen atoms in total. The molecule has 46 heavy (non-hydrogen) atoms. The normalized spacial score (nSPS) is 16.9. The molecule has 3 amide bonds. The SMILES string of the molecule is O=C(O)CCOCCNC(=O)[C@H](CCCCNC(=O)OCC1c2ccccc2-c2ccccc21)NC(=O)OC1/C=C/CCCCC1. The van der Waals surface area contributed by atoms with Gasteiger partial charge in [-0.1, -0.05) is 61.0 Å². The van der Waals surface area contributed by atoms with E-state index >= 15 is 0 Å². The molecule has 1 unspecified atom stereocenters. The van der Waals surface area contributed by atoms with Gasteiger partial charge in [-0.15, -0.1) is 0 Å². The van der Waals surface area contributed by atoms with Gasteiger partial charge in [-0.2, -0.15) is 0 Å². The number of alkyl carbamates (subject to hydrolysis) is 2. The molecule has 2 aromatic carbocycles. The van der Waals surface area contributed by atoms with Crippen LogP contribution in [0.15, 0.2) is 60.7 Å². The van der Waals surface area contributed by atoms with Crippen LogP contribution in [-0.4, -0.2) is 74.2 Å². The lowest BCUT2D eigenvalue weighted by Crippen LogP contribution is -2.48. The Balaban J connectivity index is 1.20. The van der Waals surface area contributed by atoms with Gasteiger partial charge in [0.25, 0.3) is 0 Å². The Bertz CT molecular complexity index is 1300. The molecular formula is C35H45N3O8. The van der Waals surface area contributed by atoms with E-state index in [0.29, 0.717) is 25.8 Å². The number of nitrogens with one attached hydrogen (secondary N) is 3. The topological polar surface area (TPSA) is 152 Å². The number of fused-ring (bicyclic) bond motifs is 3. The van der Waals surface area contributed by atoms with E-state index < -0.39 is 30.1 Å². The zero-order chi connectivity index (χ0) is 32.6. The minimum absolute atomic E-state index is 0.0243. The molecule has 2 atom stereocenters. The molecule has 11 heteroatoms. The van der Waals surface area contributed by atoms with E-state index in [-0.39, 0.29) is 44.8 Å². The molecule has 248 valence electrons. The number of rotatable bonds is 16.